The van der Waals surface area contributed by atoms with Crippen LogP contribution in [0.1, 0.15) is 42.3 Å². The molecule has 0 aliphatic heterocycles. The van der Waals surface area contributed by atoms with Gasteiger partial charge >= 0.3 is 0 Å². The lowest BCUT2D eigenvalue weighted by atomic mass is 10.1. The van der Waals surface area contributed by atoms with E-state index in [0.717, 1.165) is 28.2 Å². The zero-order valence-corrected chi connectivity index (χ0v) is 13.0. The van der Waals surface area contributed by atoms with Crippen LogP contribution in [-0.4, -0.2) is 19.5 Å². The summed E-state index contributed by atoms with van der Waals surface area (Å²) in [5, 5.41) is -0.177. The van der Waals surface area contributed by atoms with Crippen molar-refractivity contribution in [1.82, 2.24) is 19.5 Å². The van der Waals surface area contributed by atoms with Gasteiger partial charge in [0.2, 0.25) is 0 Å². The number of alkyl halides is 1. The Morgan fingerprint density at radius 2 is 1.76 bits per heavy atom. The van der Waals surface area contributed by atoms with E-state index in [4.69, 9.17) is 11.6 Å². The molecule has 2 atom stereocenters. The molecule has 0 aliphatic carbocycles. The second-order valence-corrected chi connectivity index (χ2v) is 5.86. The first-order valence-electron chi connectivity index (χ1n) is 6.97. The summed E-state index contributed by atoms with van der Waals surface area (Å²) in [6.45, 7) is 6.05. The van der Waals surface area contributed by atoms with E-state index >= 15 is 0 Å². The van der Waals surface area contributed by atoms with Gasteiger partial charge in [-0.25, -0.2) is 9.97 Å². The molecule has 0 N–H and O–H groups in total. The van der Waals surface area contributed by atoms with Gasteiger partial charge in [0.15, 0.2) is 5.65 Å². The second-order valence-electron chi connectivity index (χ2n) is 5.21. The smallest absolute Gasteiger partial charge is 0.160 e. The van der Waals surface area contributed by atoms with Crippen LogP contribution in [0.15, 0.2) is 36.7 Å². The SMILES string of the molecule is Cc1ccc2nc(C(C)Cl)n(C(C)c3ccncc3)c2n1. The lowest BCUT2D eigenvalue weighted by Gasteiger charge is -2.18. The third-order valence-corrected chi connectivity index (χ3v) is 3.83. The Morgan fingerprint density at radius 1 is 1.05 bits per heavy atom. The van der Waals surface area contributed by atoms with Crippen LogP contribution in [0.2, 0.25) is 0 Å². The summed E-state index contributed by atoms with van der Waals surface area (Å²) < 4.78 is 2.12. The first kappa shape index (κ1) is 14.0. The number of nitrogens with zero attached hydrogens (tertiary/aromatic N) is 4. The predicted molar refractivity (Wildman–Crippen MR) is 84.6 cm³/mol. The van der Waals surface area contributed by atoms with Gasteiger partial charge in [-0.1, -0.05) is 0 Å². The molecule has 0 saturated carbocycles. The maximum Gasteiger partial charge on any atom is 0.160 e. The molecule has 0 aromatic carbocycles. The largest absolute Gasteiger partial charge is 0.304 e. The summed E-state index contributed by atoms with van der Waals surface area (Å²) in [5.74, 6) is 0.842. The highest BCUT2D eigenvalue weighted by Crippen LogP contribution is 2.30. The minimum absolute atomic E-state index is 0.100. The first-order valence-corrected chi connectivity index (χ1v) is 7.41. The Morgan fingerprint density at radius 3 is 2.43 bits per heavy atom. The molecular weight excluding hydrogens is 284 g/mol. The number of fused-ring (bicyclic) bond motifs is 1. The zero-order valence-electron chi connectivity index (χ0n) is 12.3. The summed E-state index contributed by atoms with van der Waals surface area (Å²) >= 11 is 6.33. The van der Waals surface area contributed by atoms with Crippen molar-refractivity contribution in [3.63, 3.8) is 0 Å². The van der Waals surface area contributed by atoms with Gasteiger partial charge in [0.25, 0.3) is 0 Å². The fourth-order valence-corrected chi connectivity index (χ4v) is 2.69. The standard InChI is InChI=1S/C16H17ClN4/c1-10-4-5-14-16(19-10)21(15(20-14)11(2)17)12(3)13-6-8-18-9-7-13/h4-9,11-12H,1-3H3. The van der Waals surface area contributed by atoms with Crippen LogP contribution >= 0.6 is 11.6 Å². The van der Waals surface area contributed by atoms with Crippen molar-refractivity contribution in [2.24, 2.45) is 0 Å². The molecule has 4 nitrogen and oxygen atoms in total. The number of aromatic nitrogens is 4. The van der Waals surface area contributed by atoms with Crippen molar-refractivity contribution in [1.29, 1.82) is 0 Å². The van der Waals surface area contributed by atoms with Crippen LogP contribution in [0.25, 0.3) is 11.2 Å². The average Bonchev–Trinajstić information content (AvgIpc) is 2.86. The molecule has 3 heterocycles. The molecule has 21 heavy (non-hydrogen) atoms. The van der Waals surface area contributed by atoms with Crippen molar-refractivity contribution < 1.29 is 0 Å². The molecule has 2 unspecified atom stereocenters. The van der Waals surface area contributed by atoms with Crippen molar-refractivity contribution in [2.45, 2.75) is 32.2 Å². The molecule has 0 spiro atoms. The maximum absolute atomic E-state index is 6.33. The topological polar surface area (TPSA) is 43.6 Å². The van der Waals surface area contributed by atoms with Crippen LogP contribution in [0.5, 0.6) is 0 Å². The van der Waals surface area contributed by atoms with Gasteiger partial charge in [-0.2, -0.15) is 0 Å². The number of imidazole rings is 1. The molecule has 0 bridgehead atoms. The summed E-state index contributed by atoms with van der Waals surface area (Å²) in [6.07, 6.45) is 3.60. The van der Waals surface area contributed by atoms with E-state index in [1.807, 2.05) is 38.1 Å². The minimum atomic E-state index is -0.177. The Labute approximate surface area is 128 Å². The highest BCUT2D eigenvalue weighted by atomic mass is 35.5. The summed E-state index contributed by atoms with van der Waals surface area (Å²) in [7, 11) is 0. The van der Waals surface area contributed by atoms with Crippen LogP contribution in [0.3, 0.4) is 0 Å². The van der Waals surface area contributed by atoms with Gasteiger partial charge in [-0.15, -0.1) is 11.6 Å². The van der Waals surface area contributed by atoms with Crippen LogP contribution in [0, 0.1) is 6.92 Å². The number of rotatable bonds is 3. The molecule has 0 aliphatic rings. The molecular formula is C16H17ClN4. The number of hydrogen-bond donors (Lipinski definition) is 0. The van der Waals surface area contributed by atoms with E-state index in [-0.39, 0.29) is 11.4 Å². The van der Waals surface area contributed by atoms with Crippen LogP contribution in [0.4, 0.5) is 0 Å². The van der Waals surface area contributed by atoms with Gasteiger partial charge in [-0.05, 0) is 50.6 Å². The van der Waals surface area contributed by atoms with Gasteiger partial charge in [-0.3, -0.25) is 4.98 Å². The van der Waals surface area contributed by atoms with Crippen molar-refractivity contribution in [2.75, 3.05) is 0 Å². The lowest BCUT2D eigenvalue weighted by Crippen LogP contribution is -2.12. The summed E-state index contributed by atoms with van der Waals surface area (Å²) in [4.78, 5) is 13.4. The number of pyridine rings is 2. The molecule has 0 radical (unpaired) electrons. The lowest BCUT2D eigenvalue weighted by molar-refractivity contribution is 0.613. The summed E-state index contributed by atoms with van der Waals surface area (Å²) in [6, 6.07) is 8.09. The summed E-state index contributed by atoms with van der Waals surface area (Å²) in [5.41, 5.74) is 3.89. The van der Waals surface area contributed by atoms with E-state index in [1.54, 1.807) is 12.4 Å². The van der Waals surface area contributed by atoms with Crippen molar-refractivity contribution in [3.05, 3.63) is 53.7 Å². The Kier molecular flexibility index (Phi) is 3.64. The van der Waals surface area contributed by atoms with E-state index < -0.39 is 0 Å². The maximum atomic E-state index is 6.33. The Bertz CT molecular complexity index is 765. The van der Waals surface area contributed by atoms with Gasteiger partial charge in [0.1, 0.15) is 11.3 Å². The fourth-order valence-electron chi connectivity index (χ4n) is 2.54. The normalized spacial score (nSPS) is 14.3. The second kappa shape index (κ2) is 5.45. The Hall–Kier alpha value is -1.94. The molecule has 108 valence electrons. The predicted octanol–water partition coefficient (Wildman–Crippen LogP) is 4.04. The molecule has 0 amide bonds. The van der Waals surface area contributed by atoms with Gasteiger partial charge in [0.05, 0.1) is 11.4 Å². The van der Waals surface area contributed by atoms with E-state index in [0.29, 0.717) is 0 Å². The molecule has 3 aromatic rings. The molecule has 3 rings (SSSR count). The minimum Gasteiger partial charge on any atom is -0.304 e. The van der Waals surface area contributed by atoms with E-state index in [2.05, 4.69) is 26.4 Å². The number of hydrogen-bond acceptors (Lipinski definition) is 3. The van der Waals surface area contributed by atoms with E-state index in [9.17, 15) is 0 Å². The number of halogens is 1. The zero-order chi connectivity index (χ0) is 15.0. The van der Waals surface area contributed by atoms with Crippen LogP contribution in [-0.2, 0) is 0 Å². The monoisotopic (exact) mass is 300 g/mol. The number of aryl methyl sites for hydroxylation is 1. The van der Waals surface area contributed by atoms with Crippen molar-refractivity contribution in [3.8, 4) is 0 Å². The van der Waals surface area contributed by atoms with Crippen molar-refractivity contribution >= 4 is 22.8 Å². The quantitative estimate of drug-likeness (QED) is 0.686. The van der Waals surface area contributed by atoms with Gasteiger partial charge in [0, 0.05) is 18.1 Å². The average molecular weight is 301 g/mol. The molecule has 3 aromatic heterocycles. The Balaban J connectivity index is 2.24. The highest BCUT2D eigenvalue weighted by molar-refractivity contribution is 6.20. The van der Waals surface area contributed by atoms with Gasteiger partial charge < -0.3 is 4.57 Å². The van der Waals surface area contributed by atoms with Crippen LogP contribution < -0.4 is 0 Å². The third kappa shape index (κ3) is 2.51. The molecule has 0 fully saturated rings. The fraction of sp³-hybridized carbons (Fsp3) is 0.312. The molecule has 5 heteroatoms. The highest BCUT2D eigenvalue weighted by Gasteiger charge is 2.21. The first-order chi connectivity index (χ1) is 10.1. The molecule has 0 saturated heterocycles. The van der Waals surface area contributed by atoms with E-state index in [1.165, 1.54) is 0 Å². The third-order valence-electron chi connectivity index (χ3n) is 3.64.